The summed E-state index contributed by atoms with van der Waals surface area (Å²) >= 11 is 0. The average Bonchev–Trinajstić information content (AvgIpc) is 3.09. The van der Waals surface area contributed by atoms with Crippen LogP contribution in [0.25, 0.3) is 0 Å². The molecular weight excluding hydrogens is 442 g/mol. The van der Waals surface area contributed by atoms with Crippen LogP contribution in [0.4, 0.5) is 0 Å². The first-order valence-corrected chi connectivity index (χ1v) is 12.9. The van der Waals surface area contributed by atoms with Crippen LogP contribution in [-0.4, -0.2) is 59.2 Å². The van der Waals surface area contributed by atoms with Crippen molar-refractivity contribution >= 4 is 6.29 Å². The van der Waals surface area contributed by atoms with E-state index in [1.807, 2.05) is 21.0 Å². The monoisotopic (exact) mass is 483 g/mol. The Bertz CT molecular complexity index is 1030. The van der Waals surface area contributed by atoms with Crippen LogP contribution in [0.5, 0.6) is 5.75 Å². The van der Waals surface area contributed by atoms with Gasteiger partial charge in [-0.1, -0.05) is 43.6 Å². The maximum atomic E-state index is 12.6. The van der Waals surface area contributed by atoms with Crippen molar-refractivity contribution < 1.29 is 14.6 Å². The molecule has 2 aliphatic rings. The summed E-state index contributed by atoms with van der Waals surface area (Å²) in [4.78, 5) is 30.9. The second-order valence-corrected chi connectivity index (χ2v) is 10.1. The second-order valence-electron chi connectivity index (χ2n) is 10.1. The van der Waals surface area contributed by atoms with Crippen LogP contribution in [0.1, 0.15) is 75.1 Å². The van der Waals surface area contributed by atoms with Crippen molar-refractivity contribution in [2.75, 3.05) is 27.3 Å². The molecule has 0 bridgehead atoms. The molecule has 1 atom stereocenters. The summed E-state index contributed by atoms with van der Waals surface area (Å²) in [6, 6.07) is 0.0866. The van der Waals surface area contributed by atoms with Crippen molar-refractivity contribution in [1.82, 2.24) is 14.5 Å². The van der Waals surface area contributed by atoms with Crippen LogP contribution >= 0.6 is 0 Å². The lowest BCUT2D eigenvalue weighted by molar-refractivity contribution is 0.110. The zero-order valence-electron chi connectivity index (χ0n) is 21.8. The van der Waals surface area contributed by atoms with Crippen LogP contribution in [-0.2, 0) is 17.7 Å². The standard InChI is InChI=1S/C28H41N3O4/c1-5-35-16-13-22-11-7-8-12-23(17-22)28(14-9-6-10-15-28)18-25-29-27(34)26(33)24(20-32)31(25)19-21(2)30(3)4/h8,11-12,17,20-21,33H,5-7,9-10,13-16,18-19H2,1-4H3. The molecule has 1 aromatic heterocycles. The van der Waals surface area contributed by atoms with E-state index in [-0.39, 0.29) is 17.2 Å². The highest BCUT2D eigenvalue weighted by atomic mass is 16.5. The number of allylic oxidation sites excluding steroid dienone is 5. The van der Waals surface area contributed by atoms with E-state index in [9.17, 15) is 14.7 Å². The molecule has 1 unspecified atom stereocenters. The lowest BCUT2D eigenvalue weighted by Gasteiger charge is -2.39. The molecular formula is C28H41N3O4. The minimum atomic E-state index is -0.732. The first kappa shape index (κ1) is 27.1. The van der Waals surface area contributed by atoms with Crippen molar-refractivity contribution in [3.05, 3.63) is 57.3 Å². The van der Waals surface area contributed by atoms with Gasteiger partial charge in [-0.15, -0.1) is 0 Å². The minimum absolute atomic E-state index is 0.0161. The maximum Gasteiger partial charge on any atom is 0.315 e. The third-order valence-corrected chi connectivity index (χ3v) is 7.53. The van der Waals surface area contributed by atoms with Crippen molar-refractivity contribution in [3.8, 4) is 5.75 Å². The number of carbonyl (C=O) groups is 1. The van der Waals surface area contributed by atoms with E-state index in [4.69, 9.17) is 4.74 Å². The average molecular weight is 484 g/mol. The van der Waals surface area contributed by atoms with E-state index in [0.717, 1.165) is 38.5 Å². The Labute approximate surface area is 209 Å². The van der Waals surface area contributed by atoms with Crippen molar-refractivity contribution in [3.63, 3.8) is 0 Å². The van der Waals surface area contributed by atoms with Crippen LogP contribution in [0.3, 0.4) is 0 Å². The van der Waals surface area contributed by atoms with Gasteiger partial charge in [0, 0.05) is 31.0 Å². The van der Waals surface area contributed by atoms with Crippen molar-refractivity contribution in [2.45, 2.75) is 77.8 Å². The Morgan fingerprint density at radius 2 is 2.03 bits per heavy atom. The third kappa shape index (κ3) is 6.58. The molecule has 1 fully saturated rings. The Hall–Kier alpha value is -2.51. The van der Waals surface area contributed by atoms with E-state index in [1.165, 1.54) is 17.6 Å². The Balaban J connectivity index is 2.07. The molecule has 0 saturated heterocycles. The molecule has 0 aromatic carbocycles. The van der Waals surface area contributed by atoms with E-state index >= 15 is 0 Å². The SMILES string of the molecule is CCOCCC1=CCC=CC(C2(Cc3nc(=O)c(O)c(C=O)n3CC(C)N(C)C)CCCCC2)=C1. The van der Waals surface area contributed by atoms with Gasteiger partial charge in [-0.25, -0.2) is 0 Å². The fourth-order valence-electron chi connectivity index (χ4n) is 5.15. The van der Waals surface area contributed by atoms with Gasteiger partial charge >= 0.3 is 5.56 Å². The van der Waals surface area contributed by atoms with E-state index in [2.05, 4.69) is 41.1 Å². The summed E-state index contributed by atoms with van der Waals surface area (Å²) in [6.45, 7) is 5.93. The molecule has 35 heavy (non-hydrogen) atoms. The number of aromatic hydroxyl groups is 1. The topological polar surface area (TPSA) is 84.7 Å². The van der Waals surface area contributed by atoms with Gasteiger partial charge in [0.1, 0.15) is 11.5 Å². The zero-order chi connectivity index (χ0) is 25.4. The van der Waals surface area contributed by atoms with Crippen LogP contribution < -0.4 is 5.56 Å². The van der Waals surface area contributed by atoms with Gasteiger partial charge in [0.15, 0.2) is 6.29 Å². The summed E-state index contributed by atoms with van der Waals surface area (Å²) in [5.41, 5.74) is 1.64. The molecule has 0 spiro atoms. The molecule has 7 heteroatoms. The number of hydrogen-bond acceptors (Lipinski definition) is 6. The largest absolute Gasteiger partial charge is 0.501 e. The summed E-state index contributed by atoms with van der Waals surface area (Å²) in [7, 11) is 3.95. The number of rotatable bonds is 11. The van der Waals surface area contributed by atoms with Crippen LogP contribution in [0, 0.1) is 5.41 Å². The minimum Gasteiger partial charge on any atom is -0.501 e. The lowest BCUT2D eigenvalue weighted by atomic mass is 9.66. The van der Waals surface area contributed by atoms with Crippen LogP contribution in [0.15, 0.2) is 40.2 Å². The summed E-state index contributed by atoms with van der Waals surface area (Å²) < 4.78 is 7.36. The Morgan fingerprint density at radius 1 is 1.29 bits per heavy atom. The number of nitrogens with zero attached hydrogens (tertiary/aromatic N) is 3. The molecule has 1 N–H and O–H groups in total. The zero-order valence-corrected chi connectivity index (χ0v) is 21.8. The molecule has 1 aromatic rings. The van der Waals surface area contributed by atoms with E-state index in [0.29, 0.717) is 38.3 Å². The molecule has 0 radical (unpaired) electrons. The molecule has 0 aliphatic heterocycles. The van der Waals surface area contributed by atoms with Gasteiger partial charge in [-0.2, -0.15) is 4.98 Å². The Morgan fingerprint density at radius 3 is 2.69 bits per heavy atom. The molecule has 7 nitrogen and oxygen atoms in total. The number of aldehydes is 1. The summed E-state index contributed by atoms with van der Waals surface area (Å²) in [5, 5.41) is 10.4. The fourth-order valence-corrected chi connectivity index (χ4v) is 5.15. The highest BCUT2D eigenvalue weighted by molar-refractivity contribution is 5.76. The molecule has 1 heterocycles. The first-order chi connectivity index (χ1) is 16.8. The van der Waals surface area contributed by atoms with Gasteiger partial charge in [0.25, 0.3) is 0 Å². The number of carbonyl (C=O) groups excluding carboxylic acids is 1. The lowest BCUT2D eigenvalue weighted by Crippen LogP contribution is -2.36. The predicted octanol–water partition coefficient (Wildman–Crippen LogP) is 4.44. The van der Waals surface area contributed by atoms with Crippen molar-refractivity contribution in [2.24, 2.45) is 5.41 Å². The molecule has 3 rings (SSSR count). The highest BCUT2D eigenvalue weighted by Crippen LogP contribution is 2.46. The summed E-state index contributed by atoms with van der Waals surface area (Å²) in [5.74, 6) is 0.00557. The quantitative estimate of drug-likeness (QED) is 0.370. The van der Waals surface area contributed by atoms with Gasteiger partial charge < -0.3 is 19.3 Å². The smallest absolute Gasteiger partial charge is 0.315 e. The first-order valence-electron chi connectivity index (χ1n) is 12.9. The van der Waals surface area contributed by atoms with Gasteiger partial charge in [-0.05, 0) is 64.8 Å². The molecule has 1 saturated carbocycles. The number of ether oxygens (including phenoxy) is 1. The van der Waals surface area contributed by atoms with Gasteiger partial charge in [0.05, 0.1) is 6.61 Å². The highest BCUT2D eigenvalue weighted by Gasteiger charge is 2.37. The normalized spacial score (nSPS) is 18.7. The van der Waals surface area contributed by atoms with Gasteiger partial charge in [0.2, 0.25) is 5.75 Å². The second kappa shape index (κ2) is 12.5. The number of hydrogen-bond donors (Lipinski definition) is 1. The fraction of sp³-hybridized carbons (Fsp3) is 0.607. The molecule has 2 aliphatic carbocycles. The Kier molecular flexibility index (Phi) is 9.63. The third-order valence-electron chi connectivity index (χ3n) is 7.53. The van der Waals surface area contributed by atoms with E-state index in [1.54, 1.807) is 4.57 Å². The molecule has 192 valence electrons. The number of aromatic nitrogens is 2. The number of likely N-dealkylation sites (N-methyl/N-ethyl adjacent to an activating group) is 1. The van der Waals surface area contributed by atoms with Gasteiger partial charge in [-0.3, -0.25) is 9.59 Å². The molecule has 0 amide bonds. The van der Waals surface area contributed by atoms with Crippen LogP contribution in [0.2, 0.25) is 0 Å². The van der Waals surface area contributed by atoms with E-state index < -0.39 is 11.3 Å². The van der Waals surface area contributed by atoms with Crippen molar-refractivity contribution in [1.29, 1.82) is 0 Å². The maximum absolute atomic E-state index is 12.6. The predicted molar refractivity (Wildman–Crippen MR) is 139 cm³/mol. The summed E-state index contributed by atoms with van der Waals surface area (Å²) in [6.07, 6.45) is 17.3.